The van der Waals surface area contributed by atoms with Gasteiger partial charge in [-0.3, -0.25) is 14.6 Å². The second kappa shape index (κ2) is 11.9. The van der Waals surface area contributed by atoms with E-state index < -0.39 is 30.9 Å². The van der Waals surface area contributed by atoms with Crippen LogP contribution >= 0.6 is 0 Å². The van der Waals surface area contributed by atoms with Crippen molar-refractivity contribution in [3.05, 3.63) is 59.9 Å². The zero-order valence-electron chi connectivity index (χ0n) is 16.9. The fourth-order valence-electron chi connectivity index (χ4n) is 2.71. The quantitative estimate of drug-likeness (QED) is 0.383. The highest BCUT2D eigenvalue weighted by Gasteiger charge is 2.29. The van der Waals surface area contributed by atoms with Crippen LogP contribution in [0.4, 0.5) is 0 Å². The molecule has 0 aliphatic heterocycles. The third kappa shape index (κ3) is 7.14. The zero-order valence-corrected chi connectivity index (χ0v) is 16.9. The molecule has 0 saturated heterocycles. The smallest absolute Gasteiger partial charge is 0.475 e. The van der Waals surface area contributed by atoms with E-state index in [1.165, 1.54) is 7.11 Å². The molecule has 0 radical (unpaired) electrons. The van der Waals surface area contributed by atoms with Crippen molar-refractivity contribution in [2.45, 2.75) is 25.3 Å². The number of benzene rings is 1. The highest BCUT2D eigenvalue weighted by Crippen LogP contribution is 2.09. The summed E-state index contributed by atoms with van der Waals surface area (Å²) in [6.07, 6.45) is 1.71. The van der Waals surface area contributed by atoms with Crippen molar-refractivity contribution in [3.63, 3.8) is 0 Å². The molecule has 2 rings (SSSR count). The number of carbonyl (C=O) groups is 2. The molecular weight excluding hydrogens is 389 g/mol. The van der Waals surface area contributed by atoms with Crippen molar-refractivity contribution >= 4 is 18.9 Å². The molecule has 1 aromatic carbocycles. The average Bonchev–Trinajstić information content (AvgIpc) is 2.73. The molecule has 2 atom stereocenters. The van der Waals surface area contributed by atoms with Gasteiger partial charge in [0.25, 0.3) is 5.91 Å². The number of nitrogens with zero attached hydrogens (tertiary/aromatic N) is 1. The molecule has 10 heteroatoms. The van der Waals surface area contributed by atoms with Crippen molar-refractivity contribution in [1.29, 1.82) is 0 Å². The summed E-state index contributed by atoms with van der Waals surface area (Å²) in [5.41, 5.74) is 0.856. The lowest BCUT2D eigenvalue weighted by Crippen LogP contribution is -2.55. The molecule has 9 nitrogen and oxygen atoms in total. The largest absolute Gasteiger partial charge is 0.494 e. The van der Waals surface area contributed by atoms with E-state index in [-0.39, 0.29) is 19.6 Å². The summed E-state index contributed by atoms with van der Waals surface area (Å²) in [7, 11) is -0.402. The van der Waals surface area contributed by atoms with Gasteiger partial charge < -0.3 is 30.2 Å². The summed E-state index contributed by atoms with van der Waals surface area (Å²) in [5, 5.41) is 24.4. The zero-order chi connectivity index (χ0) is 21.9. The Morgan fingerprint density at radius 1 is 1.13 bits per heavy atom. The lowest BCUT2D eigenvalue weighted by Gasteiger charge is -2.23. The number of carbonyl (C=O) groups excluding carboxylic acids is 2. The van der Waals surface area contributed by atoms with E-state index in [2.05, 4.69) is 15.6 Å². The monoisotopic (exact) mass is 415 g/mol. The maximum Gasteiger partial charge on any atom is 0.475 e. The lowest BCUT2D eigenvalue weighted by atomic mass is 9.77. The second-order valence-corrected chi connectivity index (χ2v) is 6.60. The number of hydrogen-bond acceptors (Lipinski definition) is 7. The first-order chi connectivity index (χ1) is 14.4. The molecule has 0 bridgehead atoms. The number of rotatable bonds is 11. The minimum atomic E-state index is -1.80. The van der Waals surface area contributed by atoms with Crippen LogP contribution in [0.5, 0.6) is 5.75 Å². The Kier molecular flexibility index (Phi) is 9.27. The predicted molar refractivity (Wildman–Crippen MR) is 111 cm³/mol. The van der Waals surface area contributed by atoms with Crippen LogP contribution in [-0.4, -0.2) is 66.3 Å². The van der Waals surface area contributed by atoms with Crippen LogP contribution < -0.4 is 15.4 Å². The van der Waals surface area contributed by atoms with Crippen LogP contribution in [0.1, 0.15) is 22.5 Å². The number of para-hydroxylation sites is 1. The Labute approximate surface area is 175 Å². The average molecular weight is 415 g/mol. The SMILES string of the molecule is COCC(NC(=O)c1cccnc1C)C(=O)NC(CCOc1ccccc1)B(O)O. The predicted octanol–water partition coefficient (Wildman–Crippen LogP) is 0.101. The van der Waals surface area contributed by atoms with Crippen LogP contribution in [0, 0.1) is 6.92 Å². The Balaban J connectivity index is 1.96. The van der Waals surface area contributed by atoms with Crippen LogP contribution in [0.3, 0.4) is 0 Å². The van der Waals surface area contributed by atoms with Crippen LogP contribution in [0.2, 0.25) is 0 Å². The first-order valence-corrected chi connectivity index (χ1v) is 9.48. The molecule has 2 unspecified atom stereocenters. The standard InChI is InChI=1S/C20H26BN3O6/c1-14-16(9-6-11-22-14)19(25)23-17(13-29-2)20(26)24-18(21(27)28)10-12-30-15-7-4-3-5-8-15/h3-9,11,17-18,27-28H,10,12-13H2,1-2H3,(H,23,25)(H,24,26). The number of amides is 2. The molecule has 0 aliphatic rings. The molecule has 4 N–H and O–H groups in total. The van der Waals surface area contributed by atoms with Crippen molar-refractivity contribution in [1.82, 2.24) is 15.6 Å². The van der Waals surface area contributed by atoms with Gasteiger partial charge in [-0.1, -0.05) is 18.2 Å². The fraction of sp³-hybridized carbons (Fsp3) is 0.350. The number of aryl methyl sites for hydroxylation is 1. The minimum absolute atomic E-state index is 0.0916. The van der Waals surface area contributed by atoms with E-state index in [0.29, 0.717) is 17.0 Å². The van der Waals surface area contributed by atoms with E-state index in [1.54, 1.807) is 37.4 Å². The number of hydrogen-bond donors (Lipinski definition) is 4. The fourth-order valence-corrected chi connectivity index (χ4v) is 2.71. The lowest BCUT2D eigenvalue weighted by molar-refractivity contribution is -0.124. The number of aromatic nitrogens is 1. The molecule has 0 fully saturated rings. The number of pyridine rings is 1. The maximum atomic E-state index is 12.6. The van der Waals surface area contributed by atoms with Gasteiger partial charge in [0.05, 0.1) is 24.7 Å². The van der Waals surface area contributed by atoms with Crippen molar-refractivity contribution in [2.75, 3.05) is 20.3 Å². The molecule has 0 spiro atoms. The van der Waals surface area contributed by atoms with E-state index in [4.69, 9.17) is 9.47 Å². The van der Waals surface area contributed by atoms with Crippen molar-refractivity contribution in [3.8, 4) is 5.75 Å². The van der Waals surface area contributed by atoms with Gasteiger partial charge in [0.1, 0.15) is 11.8 Å². The van der Waals surface area contributed by atoms with Crippen molar-refractivity contribution < 1.29 is 29.1 Å². The van der Waals surface area contributed by atoms with Gasteiger partial charge in [-0.15, -0.1) is 0 Å². The highest BCUT2D eigenvalue weighted by atomic mass is 16.5. The third-order valence-corrected chi connectivity index (χ3v) is 4.34. The summed E-state index contributed by atoms with van der Waals surface area (Å²) in [4.78, 5) is 29.2. The number of methoxy groups -OCH3 is 1. The molecule has 2 amide bonds. The van der Waals surface area contributed by atoms with E-state index in [0.717, 1.165) is 0 Å². The summed E-state index contributed by atoms with van der Waals surface area (Å²) < 4.78 is 10.6. The van der Waals surface area contributed by atoms with Gasteiger partial charge in [-0.05, 0) is 31.2 Å². The van der Waals surface area contributed by atoms with E-state index in [1.807, 2.05) is 18.2 Å². The first-order valence-electron chi connectivity index (χ1n) is 9.48. The third-order valence-electron chi connectivity index (χ3n) is 4.34. The van der Waals surface area contributed by atoms with Gasteiger partial charge in [0.15, 0.2) is 0 Å². The highest BCUT2D eigenvalue weighted by molar-refractivity contribution is 6.43. The molecule has 160 valence electrons. The van der Waals surface area contributed by atoms with Crippen LogP contribution in [-0.2, 0) is 9.53 Å². The molecule has 30 heavy (non-hydrogen) atoms. The topological polar surface area (TPSA) is 130 Å². The van der Waals surface area contributed by atoms with Gasteiger partial charge in [-0.2, -0.15) is 0 Å². The molecule has 1 heterocycles. The van der Waals surface area contributed by atoms with Gasteiger partial charge >= 0.3 is 7.12 Å². The minimum Gasteiger partial charge on any atom is -0.494 e. The molecule has 0 aliphatic carbocycles. The Bertz CT molecular complexity index is 821. The van der Waals surface area contributed by atoms with E-state index in [9.17, 15) is 19.6 Å². The summed E-state index contributed by atoms with van der Waals surface area (Å²) in [6.45, 7) is 1.75. The Morgan fingerprint density at radius 3 is 2.50 bits per heavy atom. The summed E-state index contributed by atoms with van der Waals surface area (Å²) in [5.74, 6) is -1.44. The number of ether oxygens (including phenoxy) is 2. The Morgan fingerprint density at radius 2 is 1.87 bits per heavy atom. The normalized spacial score (nSPS) is 12.5. The summed E-state index contributed by atoms with van der Waals surface area (Å²) >= 11 is 0. The Hall–Kier alpha value is -2.95. The maximum absolute atomic E-state index is 12.6. The number of nitrogens with one attached hydrogen (secondary N) is 2. The van der Waals surface area contributed by atoms with Crippen molar-refractivity contribution in [2.24, 2.45) is 0 Å². The second-order valence-electron chi connectivity index (χ2n) is 6.60. The van der Waals surface area contributed by atoms with Gasteiger partial charge in [-0.25, -0.2) is 0 Å². The molecular formula is C20H26BN3O6. The van der Waals surface area contributed by atoms with Crippen LogP contribution in [0.15, 0.2) is 48.7 Å². The van der Waals surface area contributed by atoms with E-state index >= 15 is 0 Å². The summed E-state index contributed by atoms with van der Waals surface area (Å²) in [6, 6.07) is 11.2. The molecule has 0 saturated carbocycles. The first kappa shape index (κ1) is 23.3. The van der Waals surface area contributed by atoms with Gasteiger partial charge in [0.2, 0.25) is 5.91 Å². The van der Waals surface area contributed by atoms with Gasteiger partial charge in [0, 0.05) is 25.4 Å². The van der Waals surface area contributed by atoms with Crippen LogP contribution in [0.25, 0.3) is 0 Å². The molecule has 1 aromatic heterocycles. The molecule has 2 aromatic rings.